The molecular formula is C12H9BrN2O2S2. The molecule has 1 N–H and O–H groups in total. The van der Waals surface area contributed by atoms with Gasteiger partial charge < -0.3 is 0 Å². The fourth-order valence-corrected chi connectivity index (χ4v) is 3.20. The summed E-state index contributed by atoms with van der Waals surface area (Å²) in [6.45, 7) is 3.83. The van der Waals surface area contributed by atoms with Crippen molar-refractivity contribution in [3.63, 3.8) is 0 Å². The third-order valence-corrected chi connectivity index (χ3v) is 4.56. The quantitative estimate of drug-likeness (QED) is 0.391. The molecule has 19 heavy (non-hydrogen) atoms. The van der Waals surface area contributed by atoms with Crippen LogP contribution in [0.4, 0.5) is 0 Å². The van der Waals surface area contributed by atoms with E-state index in [9.17, 15) is 9.59 Å². The van der Waals surface area contributed by atoms with Gasteiger partial charge in [0.25, 0.3) is 11.8 Å². The van der Waals surface area contributed by atoms with E-state index < -0.39 is 11.8 Å². The van der Waals surface area contributed by atoms with Gasteiger partial charge in [-0.2, -0.15) is 0 Å². The standard InChI is InChI=1S/C12H9BrN2O2S2/c1-2-4-15-11(17)7(10(16)14-12(15)18)6-9-8(13)3-5-19-9/h2-3,5-6H,1,4H2,(H,14,16,18). The predicted molar refractivity (Wildman–Crippen MR) is 82.6 cm³/mol. The molecule has 2 rings (SSSR count). The molecule has 4 nitrogen and oxygen atoms in total. The Morgan fingerprint density at radius 1 is 1.53 bits per heavy atom. The largest absolute Gasteiger partial charge is 0.298 e. The predicted octanol–water partition coefficient (Wildman–Crippen LogP) is 2.32. The average Bonchev–Trinajstić information content (AvgIpc) is 2.76. The molecule has 1 fully saturated rings. The Morgan fingerprint density at radius 2 is 2.26 bits per heavy atom. The van der Waals surface area contributed by atoms with Gasteiger partial charge in [0.05, 0.1) is 0 Å². The van der Waals surface area contributed by atoms with Gasteiger partial charge in [-0.15, -0.1) is 17.9 Å². The molecule has 1 saturated heterocycles. The number of nitrogens with one attached hydrogen (secondary N) is 1. The number of rotatable bonds is 3. The maximum Gasteiger partial charge on any atom is 0.265 e. The van der Waals surface area contributed by atoms with Crippen LogP contribution < -0.4 is 5.32 Å². The number of nitrogens with zero attached hydrogens (tertiary/aromatic N) is 1. The van der Waals surface area contributed by atoms with E-state index in [2.05, 4.69) is 27.8 Å². The summed E-state index contributed by atoms with van der Waals surface area (Å²) in [6.07, 6.45) is 3.12. The van der Waals surface area contributed by atoms with Crippen LogP contribution in [0.1, 0.15) is 4.88 Å². The highest BCUT2D eigenvalue weighted by molar-refractivity contribution is 9.10. The zero-order chi connectivity index (χ0) is 14.0. The van der Waals surface area contributed by atoms with Crippen molar-refractivity contribution in [1.29, 1.82) is 0 Å². The lowest BCUT2D eigenvalue weighted by Gasteiger charge is -2.27. The van der Waals surface area contributed by atoms with Gasteiger partial charge >= 0.3 is 0 Å². The summed E-state index contributed by atoms with van der Waals surface area (Å²) in [4.78, 5) is 26.2. The number of hydrogen-bond donors (Lipinski definition) is 1. The molecule has 0 bridgehead atoms. The number of amides is 2. The summed E-state index contributed by atoms with van der Waals surface area (Å²) in [5, 5.41) is 4.47. The molecule has 1 aromatic rings. The molecule has 1 aromatic heterocycles. The van der Waals surface area contributed by atoms with Crippen LogP contribution in [0.2, 0.25) is 0 Å². The van der Waals surface area contributed by atoms with Crippen LogP contribution in [0.3, 0.4) is 0 Å². The number of carbonyl (C=O) groups is 2. The Bertz CT molecular complexity index is 607. The first-order valence-electron chi connectivity index (χ1n) is 5.27. The van der Waals surface area contributed by atoms with Crippen LogP contribution in [0, 0.1) is 0 Å². The molecule has 1 aliphatic rings. The maximum absolute atomic E-state index is 12.2. The van der Waals surface area contributed by atoms with Crippen LogP contribution in [0.15, 0.2) is 34.1 Å². The first-order chi connectivity index (χ1) is 9.04. The van der Waals surface area contributed by atoms with Crippen molar-refractivity contribution in [3.05, 3.63) is 39.0 Å². The molecule has 0 saturated carbocycles. The number of thiophene rings is 1. The van der Waals surface area contributed by atoms with Gasteiger partial charge in [-0.3, -0.25) is 19.8 Å². The minimum Gasteiger partial charge on any atom is -0.298 e. The third-order valence-electron chi connectivity index (χ3n) is 2.42. The summed E-state index contributed by atoms with van der Waals surface area (Å²) in [7, 11) is 0. The van der Waals surface area contributed by atoms with E-state index in [0.717, 1.165) is 9.35 Å². The van der Waals surface area contributed by atoms with Crippen molar-refractivity contribution < 1.29 is 9.59 Å². The summed E-state index contributed by atoms with van der Waals surface area (Å²) < 4.78 is 0.842. The molecule has 0 atom stereocenters. The number of hydrogen-bond acceptors (Lipinski definition) is 4. The second kappa shape index (κ2) is 5.77. The second-order valence-electron chi connectivity index (χ2n) is 3.65. The molecule has 1 aliphatic heterocycles. The lowest BCUT2D eigenvalue weighted by atomic mass is 10.1. The van der Waals surface area contributed by atoms with Crippen LogP contribution in [-0.4, -0.2) is 28.4 Å². The fraction of sp³-hybridized carbons (Fsp3) is 0.0833. The van der Waals surface area contributed by atoms with Gasteiger partial charge in [-0.25, -0.2) is 0 Å². The van der Waals surface area contributed by atoms with Crippen molar-refractivity contribution in [1.82, 2.24) is 10.2 Å². The highest BCUT2D eigenvalue weighted by Gasteiger charge is 2.32. The lowest BCUT2D eigenvalue weighted by Crippen LogP contribution is -2.53. The molecule has 0 spiro atoms. The van der Waals surface area contributed by atoms with Gasteiger partial charge in [-0.1, -0.05) is 6.08 Å². The van der Waals surface area contributed by atoms with Crippen molar-refractivity contribution in [2.45, 2.75) is 0 Å². The molecule has 7 heteroatoms. The summed E-state index contributed by atoms with van der Waals surface area (Å²) in [5.41, 5.74) is 0.0681. The molecule has 0 unspecified atom stereocenters. The van der Waals surface area contributed by atoms with Crippen molar-refractivity contribution in [2.75, 3.05) is 6.54 Å². The average molecular weight is 357 g/mol. The van der Waals surface area contributed by atoms with Gasteiger partial charge in [0.1, 0.15) is 5.57 Å². The first kappa shape index (κ1) is 14.1. The normalized spacial score (nSPS) is 17.8. The summed E-state index contributed by atoms with van der Waals surface area (Å²) in [6, 6.07) is 1.86. The van der Waals surface area contributed by atoms with E-state index >= 15 is 0 Å². The van der Waals surface area contributed by atoms with Crippen LogP contribution in [-0.2, 0) is 9.59 Å². The minimum absolute atomic E-state index is 0.0681. The fourth-order valence-electron chi connectivity index (χ4n) is 1.53. The zero-order valence-electron chi connectivity index (χ0n) is 9.68. The SMILES string of the molecule is C=CCN1C(=O)C(=Cc2sccc2Br)C(=O)NC1=S. The topological polar surface area (TPSA) is 49.4 Å². The number of halogens is 1. The van der Waals surface area contributed by atoms with Crippen molar-refractivity contribution >= 4 is 62.5 Å². The molecule has 0 aliphatic carbocycles. The molecule has 0 aromatic carbocycles. The molecule has 2 heterocycles. The summed E-state index contributed by atoms with van der Waals surface area (Å²) >= 11 is 9.76. The first-order valence-corrected chi connectivity index (χ1v) is 7.35. The van der Waals surface area contributed by atoms with E-state index in [-0.39, 0.29) is 17.2 Å². The molecular weight excluding hydrogens is 348 g/mol. The Labute approximate surface area is 127 Å². The Morgan fingerprint density at radius 3 is 2.84 bits per heavy atom. The van der Waals surface area contributed by atoms with E-state index in [1.165, 1.54) is 16.2 Å². The molecule has 0 radical (unpaired) electrons. The summed E-state index contributed by atoms with van der Waals surface area (Å²) in [5.74, 6) is -0.885. The Kier molecular flexibility index (Phi) is 4.28. The van der Waals surface area contributed by atoms with Crippen LogP contribution in [0.5, 0.6) is 0 Å². The highest BCUT2D eigenvalue weighted by Crippen LogP contribution is 2.26. The minimum atomic E-state index is -0.476. The monoisotopic (exact) mass is 356 g/mol. The maximum atomic E-state index is 12.2. The second-order valence-corrected chi connectivity index (χ2v) is 5.84. The third kappa shape index (κ3) is 2.83. The van der Waals surface area contributed by atoms with E-state index in [0.29, 0.717) is 0 Å². The van der Waals surface area contributed by atoms with Crippen LogP contribution in [0.25, 0.3) is 6.08 Å². The lowest BCUT2D eigenvalue weighted by molar-refractivity contribution is -0.128. The molecule has 2 amide bonds. The van der Waals surface area contributed by atoms with E-state index in [1.807, 2.05) is 11.4 Å². The van der Waals surface area contributed by atoms with E-state index in [1.54, 1.807) is 12.2 Å². The Hall–Kier alpha value is -1.31. The van der Waals surface area contributed by atoms with Gasteiger partial charge in [0.15, 0.2) is 5.11 Å². The van der Waals surface area contributed by atoms with Gasteiger partial charge in [-0.05, 0) is 45.7 Å². The smallest absolute Gasteiger partial charge is 0.265 e. The number of thiocarbonyl (C=S) groups is 1. The Balaban J connectivity index is 2.39. The zero-order valence-corrected chi connectivity index (χ0v) is 12.9. The van der Waals surface area contributed by atoms with E-state index in [4.69, 9.17) is 12.2 Å². The van der Waals surface area contributed by atoms with Crippen molar-refractivity contribution in [3.8, 4) is 0 Å². The van der Waals surface area contributed by atoms with Gasteiger partial charge in [0, 0.05) is 15.9 Å². The van der Waals surface area contributed by atoms with Crippen molar-refractivity contribution in [2.24, 2.45) is 0 Å². The van der Waals surface area contributed by atoms with Crippen LogP contribution >= 0.6 is 39.5 Å². The number of carbonyl (C=O) groups excluding carboxylic acids is 2. The van der Waals surface area contributed by atoms with Gasteiger partial charge in [0.2, 0.25) is 0 Å². The highest BCUT2D eigenvalue weighted by atomic mass is 79.9. The molecule has 98 valence electrons.